The molecule has 158 valence electrons. The van der Waals surface area contributed by atoms with E-state index in [0.717, 1.165) is 10.9 Å². The number of halogens is 3. The molecule has 2 heterocycles. The Morgan fingerprint density at radius 2 is 1.83 bits per heavy atom. The van der Waals surface area contributed by atoms with Crippen molar-refractivity contribution in [1.82, 2.24) is 9.80 Å². The van der Waals surface area contributed by atoms with E-state index < -0.39 is 24.5 Å². The Labute approximate surface area is 165 Å². The van der Waals surface area contributed by atoms with Gasteiger partial charge < -0.3 is 14.1 Å². The number of benzene rings is 1. The number of aryl methyl sites for hydroxylation is 1. The summed E-state index contributed by atoms with van der Waals surface area (Å²) in [6, 6.07) is 5.02. The van der Waals surface area contributed by atoms with E-state index in [1.807, 2.05) is 6.92 Å². The van der Waals surface area contributed by atoms with Gasteiger partial charge in [-0.1, -0.05) is 0 Å². The standard InChI is InChI=1S/C20H23F3N2O4/c1-12-13(2)19(27)29-17-10-15(4-5-16(12)17)28-14(3)18(26)25-8-6-24(7-9-25)11-20(21,22)23/h4-5,10,14H,6-9,11H2,1-3H3. The number of carbonyl (C=O) groups excluding carboxylic acids is 1. The summed E-state index contributed by atoms with van der Waals surface area (Å²) in [5, 5.41) is 0.786. The highest BCUT2D eigenvalue weighted by Gasteiger charge is 2.33. The molecule has 1 amide bonds. The fourth-order valence-electron chi connectivity index (χ4n) is 3.39. The lowest BCUT2D eigenvalue weighted by Crippen LogP contribution is -2.53. The highest BCUT2D eigenvalue weighted by Crippen LogP contribution is 2.25. The van der Waals surface area contributed by atoms with Gasteiger partial charge in [0.15, 0.2) is 6.10 Å². The summed E-state index contributed by atoms with van der Waals surface area (Å²) >= 11 is 0. The van der Waals surface area contributed by atoms with Crippen LogP contribution in [0.25, 0.3) is 11.0 Å². The molecular weight excluding hydrogens is 389 g/mol. The molecule has 1 saturated heterocycles. The van der Waals surface area contributed by atoms with E-state index in [0.29, 0.717) is 16.9 Å². The quantitative estimate of drug-likeness (QED) is 0.723. The van der Waals surface area contributed by atoms with E-state index >= 15 is 0 Å². The molecule has 1 aromatic heterocycles. The van der Waals surface area contributed by atoms with Gasteiger partial charge in [0.2, 0.25) is 0 Å². The van der Waals surface area contributed by atoms with Crippen molar-refractivity contribution in [2.75, 3.05) is 32.7 Å². The lowest BCUT2D eigenvalue weighted by Gasteiger charge is -2.36. The van der Waals surface area contributed by atoms with Gasteiger partial charge in [-0.2, -0.15) is 13.2 Å². The SMILES string of the molecule is Cc1c(C)c2ccc(OC(C)C(=O)N3CCN(CC(F)(F)F)CC3)cc2oc1=O. The zero-order valence-corrected chi connectivity index (χ0v) is 16.5. The van der Waals surface area contributed by atoms with Gasteiger partial charge >= 0.3 is 11.8 Å². The van der Waals surface area contributed by atoms with Gasteiger partial charge in [0.25, 0.3) is 5.91 Å². The van der Waals surface area contributed by atoms with Crippen LogP contribution in [0.2, 0.25) is 0 Å². The van der Waals surface area contributed by atoms with Gasteiger partial charge in [0, 0.05) is 43.2 Å². The number of nitrogens with zero attached hydrogens (tertiary/aromatic N) is 2. The Hall–Kier alpha value is -2.55. The number of rotatable bonds is 4. The summed E-state index contributed by atoms with van der Waals surface area (Å²) in [5.41, 5.74) is 1.31. The maximum atomic E-state index is 12.6. The fraction of sp³-hybridized carbons (Fsp3) is 0.500. The van der Waals surface area contributed by atoms with E-state index in [1.165, 1.54) is 9.80 Å². The number of piperazine rings is 1. The highest BCUT2D eigenvalue weighted by atomic mass is 19.4. The van der Waals surface area contributed by atoms with Gasteiger partial charge in [-0.25, -0.2) is 4.79 Å². The van der Waals surface area contributed by atoms with Crippen molar-refractivity contribution in [1.29, 1.82) is 0 Å². The summed E-state index contributed by atoms with van der Waals surface area (Å²) in [6.45, 7) is 4.91. The lowest BCUT2D eigenvalue weighted by atomic mass is 10.1. The smallest absolute Gasteiger partial charge is 0.401 e. The Morgan fingerprint density at radius 1 is 1.17 bits per heavy atom. The van der Waals surface area contributed by atoms with Crippen LogP contribution in [0.5, 0.6) is 5.75 Å². The minimum absolute atomic E-state index is 0.164. The number of alkyl halides is 3. The molecular formula is C20H23F3N2O4. The Kier molecular flexibility index (Phi) is 5.88. The average molecular weight is 412 g/mol. The monoisotopic (exact) mass is 412 g/mol. The van der Waals surface area contributed by atoms with E-state index in [9.17, 15) is 22.8 Å². The maximum absolute atomic E-state index is 12.6. The second-order valence-electron chi connectivity index (χ2n) is 7.27. The van der Waals surface area contributed by atoms with Crippen molar-refractivity contribution in [3.63, 3.8) is 0 Å². The van der Waals surface area contributed by atoms with Crippen molar-refractivity contribution >= 4 is 16.9 Å². The summed E-state index contributed by atoms with van der Waals surface area (Å²) in [5.74, 6) is 0.0822. The third-order valence-corrected chi connectivity index (χ3v) is 5.18. The topological polar surface area (TPSA) is 63.0 Å². The number of fused-ring (bicyclic) bond motifs is 1. The highest BCUT2D eigenvalue weighted by molar-refractivity contribution is 5.83. The summed E-state index contributed by atoms with van der Waals surface area (Å²) in [7, 11) is 0. The van der Waals surface area contributed by atoms with Crippen LogP contribution in [0.15, 0.2) is 27.4 Å². The van der Waals surface area contributed by atoms with Crippen molar-refractivity contribution in [3.8, 4) is 5.75 Å². The molecule has 9 heteroatoms. The van der Waals surface area contributed by atoms with Crippen LogP contribution in [0.3, 0.4) is 0 Å². The third-order valence-electron chi connectivity index (χ3n) is 5.18. The molecule has 0 aliphatic carbocycles. The van der Waals surface area contributed by atoms with Gasteiger partial charge in [-0.3, -0.25) is 9.69 Å². The number of amides is 1. The second-order valence-corrected chi connectivity index (χ2v) is 7.27. The molecule has 0 saturated carbocycles. The first-order chi connectivity index (χ1) is 13.5. The summed E-state index contributed by atoms with van der Waals surface area (Å²) in [4.78, 5) is 27.3. The molecule has 1 unspecified atom stereocenters. The predicted molar refractivity (Wildman–Crippen MR) is 101 cm³/mol. The molecule has 1 aliphatic rings. The number of ether oxygens (including phenoxy) is 1. The van der Waals surface area contributed by atoms with Crippen molar-refractivity contribution < 1.29 is 27.1 Å². The largest absolute Gasteiger partial charge is 0.481 e. The zero-order valence-electron chi connectivity index (χ0n) is 16.5. The number of hydrogen-bond acceptors (Lipinski definition) is 5. The van der Waals surface area contributed by atoms with E-state index in [4.69, 9.17) is 9.15 Å². The van der Waals surface area contributed by atoms with Gasteiger partial charge in [0.05, 0.1) is 6.54 Å². The fourth-order valence-corrected chi connectivity index (χ4v) is 3.39. The van der Waals surface area contributed by atoms with E-state index in [1.54, 1.807) is 32.0 Å². The molecule has 0 radical (unpaired) electrons. The van der Waals surface area contributed by atoms with Crippen LogP contribution in [0.1, 0.15) is 18.1 Å². The molecule has 2 aromatic rings. The maximum Gasteiger partial charge on any atom is 0.401 e. The molecule has 0 N–H and O–H groups in total. The third kappa shape index (κ3) is 4.90. The van der Waals surface area contributed by atoms with Gasteiger partial charge in [-0.15, -0.1) is 0 Å². The van der Waals surface area contributed by atoms with Crippen LogP contribution < -0.4 is 10.4 Å². The first-order valence-electron chi connectivity index (χ1n) is 9.34. The molecule has 29 heavy (non-hydrogen) atoms. The first-order valence-corrected chi connectivity index (χ1v) is 9.34. The first kappa shape index (κ1) is 21.2. The normalized spacial score (nSPS) is 16.8. The van der Waals surface area contributed by atoms with Crippen LogP contribution in [-0.2, 0) is 4.79 Å². The molecule has 3 rings (SSSR count). The van der Waals surface area contributed by atoms with Crippen molar-refractivity contribution in [3.05, 3.63) is 39.7 Å². The Balaban J connectivity index is 1.64. The molecule has 1 aliphatic heterocycles. The van der Waals surface area contributed by atoms with Crippen molar-refractivity contribution in [2.24, 2.45) is 0 Å². The molecule has 1 aromatic carbocycles. The van der Waals surface area contributed by atoms with E-state index in [-0.39, 0.29) is 32.1 Å². The molecule has 1 fully saturated rings. The lowest BCUT2D eigenvalue weighted by molar-refractivity contribution is -0.153. The average Bonchev–Trinajstić information content (AvgIpc) is 2.65. The Morgan fingerprint density at radius 3 is 2.45 bits per heavy atom. The second kappa shape index (κ2) is 8.06. The molecule has 0 bridgehead atoms. The molecule has 6 nitrogen and oxygen atoms in total. The zero-order chi connectivity index (χ0) is 21.3. The van der Waals surface area contributed by atoms with E-state index in [2.05, 4.69) is 0 Å². The van der Waals surface area contributed by atoms with Gasteiger partial charge in [-0.05, 0) is 38.5 Å². The molecule has 0 spiro atoms. The number of hydrogen-bond donors (Lipinski definition) is 0. The minimum atomic E-state index is -4.25. The van der Waals surface area contributed by atoms with Crippen LogP contribution in [0, 0.1) is 13.8 Å². The summed E-state index contributed by atoms with van der Waals surface area (Å²) in [6.07, 6.45) is -5.07. The summed E-state index contributed by atoms with van der Waals surface area (Å²) < 4.78 is 48.4. The van der Waals surface area contributed by atoms with Crippen molar-refractivity contribution in [2.45, 2.75) is 33.1 Å². The predicted octanol–water partition coefficient (Wildman–Crippen LogP) is 2.88. The molecule has 1 atom stereocenters. The van der Waals surface area contributed by atoms with Gasteiger partial charge in [0.1, 0.15) is 11.3 Å². The Bertz CT molecular complexity index is 963. The van der Waals surface area contributed by atoms with Crippen LogP contribution in [-0.4, -0.2) is 60.7 Å². The van der Waals surface area contributed by atoms with Crippen LogP contribution in [0.4, 0.5) is 13.2 Å². The minimum Gasteiger partial charge on any atom is -0.481 e. The van der Waals surface area contributed by atoms with Crippen LogP contribution >= 0.6 is 0 Å². The number of carbonyl (C=O) groups is 1.